The lowest BCUT2D eigenvalue weighted by molar-refractivity contribution is 0.0892. The van der Waals surface area contributed by atoms with Crippen molar-refractivity contribution in [1.82, 2.24) is 24.9 Å². The van der Waals surface area contributed by atoms with E-state index in [2.05, 4.69) is 32.5 Å². The Kier molecular flexibility index (Phi) is 5.26. The minimum absolute atomic E-state index is 0.167. The van der Waals surface area contributed by atoms with Gasteiger partial charge in [-0.3, -0.25) is 9.69 Å². The van der Waals surface area contributed by atoms with Crippen LogP contribution in [-0.2, 0) is 6.54 Å². The molecule has 2 aliphatic rings. The van der Waals surface area contributed by atoms with Gasteiger partial charge in [-0.2, -0.15) is 0 Å². The van der Waals surface area contributed by atoms with E-state index in [1.807, 2.05) is 18.3 Å². The number of hydrogen-bond acceptors (Lipinski definition) is 6. The molecule has 1 amide bonds. The number of carbonyl (C=O) groups excluding carboxylic acids is 1. The predicted molar refractivity (Wildman–Crippen MR) is 117 cm³/mol. The third kappa shape index (κ3) is 3.80. The number of nitrogens with one attached hydrogen (secondary N) is 2. The van der Waals surface area contributed by atoms with Gasteiger partial charge in [-0.25, -0.2) is 19.0 Å². The molecule has 1 aromatic carbocycles. The number of aromatic nitrogens is 3. The van der Waals surface area contributed by atoms with Gasteiger partial charge in [-0.1, -0.05) is 13.0 Å². The van der Waals surface area contributed by atoms with Crippen LogP contribution in [-0.4, -0.2) is 51.8 Å². The number of likely N-dealkylation sites (tertiary alicyclic amines) is 1. The van der Waals surface area contributed by atoms with Crippen molar-refractivity contribution in [2.45, 2.75) is 19.6 Å². The van der Waals surface area contributed by atoms with Crippen LogP contribution in [0.5, 0.6) is 5.88 Å². The lowest BCUT2D eigenvalue weighted by Crippen LogP contribution is -2.55. The fraction of sp³-hybridized carbons (Fsp3) is 0.348. The lowest BCUT2D eigenvalue weighted by atomic mass is 9.94. The summed E-state index contributed by atoms with van der Waals surface area (Å²) in [5.41, 5.74) is 5.73. The third-order valence-electron chi connectivity index (χ3n) is 6.24. The van der Waals surface area contributed by atoms with Gasteiger partial charge >= 0.3 is 0 Å². The average molecular weight is 436 g/mol. The largest absolute Gasteiger partial charge is 0.481 e. The van der Waals surface area contributed by atoms with E-state index in [1.54, 1.807) is 23.9 Å². The second kappa shape index (κ2) is 8.23. The Morgan fingerprint density at radius 1 is 1.12 bits per heavy atom. The molecular formula is C23H25FN6O2. The fourth-order valence-corrected chi connectivity index (χ4v) is 4.58. The van der Waals surface area contributed by atoms with Gasteiger partial charge in [0, 0.05) is 43.4 Å². The molecular weight excluding hydrogens is 411 g/mol. The van der Waals surface area contributed by atoms with Crippen molar-refractivity contribution in [3.63, 3.8) is 0 Å². The molecule has 2 aromatic heterocycles. The second-order valence-electron chi connectivity index (χ2n) is 8.43. The Morgan fingerprint density at radius 3 is 2.66 bits per heavy atom. The molecule has 4 heterocycles. The first kappa shape index (κ1) is 20.4. The molecule has 1 fully saturated rings. The first-order valence-corrected chi connectivity index (χ1v) is 10.6. The van der Waals surface area contributed by atoms with Crippen molar-refractivity contribution in [3.8, 4) is 17.3 Å². The maximum atomic E-state index is 13.3. The summed E-state index contributed by atoms with van der Waals surface area (Å²) in [6.45, 7) is 4.75. The van der Waals surface area contributed by atoms with E-state index in [4.69, 9.17) is 4.74 Å². The van der Waals surface area contributed by atoms with Crippen LogP contribution in [0, 0.1) is 17.7 Å². The SMILES string of the molecule is COc1ccc(CN2CC(C)C(C3NC(=O)c4cnc(-c5ccc(F)cc5)n4N3)C2)cn1. The standard InChI is InChI=1S/C23H25FN6O2/c1-14-11-29(12-15-3-8-20(32-2)25-9-15)13-18(14)21-27-23(31)19-10-26-22(30(19)28-21)16-4-6-17(24)7-5-16/h3-10,14,18,21,28H,11-13H2,1-2H3,(H,27,31). The zero-order valence-corrected chi connectivity index (χ0v) is 18.0. The molecule has 3 aromatic rings. The highest BCUT2D eigenvalue weighted by molar-refractivity contribution is 5.94. The molecule has 5 rings (SSSR count). The molecule has 0 saturated carbocycles. The van der Waals surface area contributed by atoms with Crippen molar-refractivity contribution < 1.29 is 13.9 Å². The van der Waals surface area contributed by atoms with Gasteiger partial charge in [0.2, 0.25) is 5.88 Å². The normalized spacial score (nSPS) is 22.8. The molecule has 1 saturated heterocycles. The highest BCUT2D eigenvalue weighted by atomic mass is 19.1. The summed E-state index contributed by atoms with van der Waals surface area (Å²) in [4.78, 5) is 23.8. The van der Waals surface area contributed by atoms with Gasteiger partial charge in [0.05, 0.1) is 13.3 Å². The topological polar surface area (TPSA) is 84.3 Å². The van der Waals surface area contributed by atoms with Crippen molar-refractivity contribution in [3.05, 3.63) is 65.9 Å². The summed E-state index contributed by atoms with van der Waals surface area (Å²) < 4.78 is 20.2. The van der Waals surface area contributed by atoms with Gasteiger partial charge in [0.25, 0.3) is 5.91 Å². The summed E-state index contributed by atoms with van der Waals surface area (Å²) >= 11 is 0. The lowest BCUT2D eigenvalue weighted by Gasteiger charge is -2.34. The van der Waals surface area contributed by atoms with Crippen molar-refractivity contribution in [2.24, 2.45) is 11.8 Å². The molecule has 166 valence electrons. The van der Waals surface area contributed by atoms with Gasteiger partial charge in [-0.05, 0) is 35.7 Å². The van der Waals surface area contributed by atoms with Crippen LogP contribution in [0.3, 0.4) is 0 Å². The number of nitrogens with zero attached hydrogens (tertiary/aromatic N) is 4. The number of imidazole rings is 1. The first-order valence-electron chi connectivity index (χ1n) is 10.6. The highest BCUT2D eigenvalue weighted by Gasteiger charge is 2.39. The summed E-state index contributed by atoms with van der Waals surface area (Å²) in [5, 5.41) is 3.09. The smallest absolute Gasteiger partial charge is 0.273 e. The molecule has 0 bridgehead atoms. The van der Waals surface area contributed by atoms with Crippen LogP contribution in [0.25, 0.3) is 11.4 Å². The van der Waals surface area contributed by atoms with Gasteiger partial charge in [0.15, 0.2) is 5.82 Å². The van der Waals surface area contributed by atoms with Crippen LogP contribution in [0.1, 0.15) is 23.0 Å². The van der Waals surface area contributed by atoms with Gasteiger partial charge in [0.1, 0.15) is 17.7 Å². The molecule has 2 aliphatic heterocycles. The van der Waals surface area contributed by atoms with Crippen molar-refractivity contribution in [1.29, 1.82) is 0 Å². The molecule has 8 nitrogen and oxygen atoms in total. The molecule has 9 heteroatoms. The summed E-state index contributed by atoms with van der Waals surface area (Å²) in [6.07, 6.45) is 3.14. The van der Waals surface area contributed by atoms with E-state index in [0.717, 1.165) is 30.8 Å². The number of rotatable bonds is 5. The Hall–Kier alpha value is -3.46. The van der Waals surface area contributed by atoms with E-state index in [-0.39, 0.29) is 23.8 Å². The minimum Gasteiger partial charge on any atom is -0.481 e. The third-order valence-corrected chi connectivity index (χ3v) is 6.24. The van der Waals surface area contributed by atoms with Crippen LogP contribution in [0.15, 0.2) is 48.8 Å². The molecule has 3 unspecified atom stereocenters. The van der Waals surface area contributed by atoms with Gasteiger partial charge < -0.3 is 15.5 Å². The van der Waals surface area contributed by atoms with E-state index >= 15 is 0 Å². The number of ether oxygens (including phenoxy) is 1. The Balaban J connectivity index is 1.32. The number of halogens is 1. The first-order chi connectivity index (χ1) is 15.5. The second-order valence-corrected chi connectivity index (χ2v) is 8.43. The van der Waals surface area contributed by atoms with Crippen LogP contribution < -0.4 is 15.5 Å². The number of pyridine rings is 1. The fourth-order valence-electron chi connectivity index (χ4n) is 4.58. The van der Waals surface area contributed by atoms with E-state index in [0.29, 0.717) is 23.3 Å². The molecule has 0 radical (unpaired) electrons. The number of carbonyl (C=O) groups is 1. The van der Waals surface area contributed by atoms with Crippen molar-refractivity contribution >= 4 is 5.91 Å². The maximum Gasteiger partial charge on any atom is 0.273 e. The molecule has 3 atom stereocenters. The van der Waals surface area contributed by atoms with Crippen LogP contribution >= 0.6 is 0 Å². The number of amides is 1. The predicted octanol–water partition coefficient (Wildman–Crippen LogP) is 2.47. The van der Waals surface area contributed by atoms with Crippen LogP contribution in [0.4, 0.5) is 4.39 Å². The Bertz CT molecular complexity index is 1110. The number of methoxy groups -OCH3 is 1. The summed E-state index contributed by atoms with van der Waals surface area (Å²) in [6, 6.07) is 10.0. The van der Waals surface area contributed by atoms with E-state index in [1.165, 1.54) is 18.3 Å². The van der Waals surface area contributed by atoms with E-state index in [9.17, 15) is 9.18 Å². The Labute approximate surface area is 185 Å². The maximum absolute atomic E-state index is 13.3. The van der Waals surface area contributed by atoms with Crippen LogP contribution in [0.2, 0.25) is 0 Å². The summed E-state index contributed by atoms with van der Waals surface area (Å²) in [7, 11) is 1.60. The highest BCUT2D eigenvalue weighted by Crippen LogP contribution is 2.29. The zero-order chi connectivity index (χ0) is 22.2. The minimum atomic E-state index is -0.310. The molecule has 32 heavy (non-hydrogen) atoms. The molecule has 0 spiro atoms. The zero-order valence-electron chi connectivity index (χ0n) is 18.0. The van der Waals surface area contributed by atoms with Crippen molar-refractivity contribution in [2.75, 3.05) is 25.6 Å². The van der Waals surface area contributed by atoms with E-state index < -0.39 is 0 Å². The number of hydrogen-bond donors (Lipinski definition) is 2. The number of fused-ring (bicyclic) bond motifs is 1. The molecule has 2 N–H and O–H groups in total. The van der Waals surface area contributed by atoms with Gasteiger partial charge in [-0.15, -0.1) is 0 Å². The molecule has 0 aliphatic carbocycles. The Morgan fingerprint density at radius 2 is 1.94 bits per heavy atom. The monoisotopic (exact) mass is 436 g/mol. The quantitative estimate of drug-likeness (QED) is 0.639. The summed E-state index contributed by atoms with van der Waals surface area (Å²) in [5.74, 6) is 1.30. The number of benzene rings is 1. The average Bonchev–Trinajstić information content (AvgIpc) is 3.38.